The van der Waals surface area contributed by atoms with Crippen LogP contribution in [0, 0.1) is 0 Å². The molecule has 7 heteroatoms. The Morgan fingerprint density at radius 1 is 1.04 bits per heavy atom. The van der Waals surface area contributed by atoms with Crippen LogP contribution in [0.4, 0.5) is 0 Å². The van der Waals surface area contributed by atoms with E-state index in [0.717, 1.165) is 17.5 Å². The van der Waals surface area contributed by atoms with Crippen molar-refractivity contribution < 1.29 is 8.42 Å². The van der Waals surface area contributed by atoms with Gasteiger partial charge in [0.2, 0.25) is 10.0 Å². The smallest absolute Gasteiger partial charge is 0.211 e. The molecule has 0 unspecified atom stereocenters. The molecule has 1 aliphatic rings. The monoisotopic (exact) mass is 440 g/mol. The van der Waals surface area contributed by atoms with Gasteiger partial charge in [-0.2, -0.15) is 0 Å². The number of benzene rings is 2. The summed E-state index contributed by atoms with van der Waals surface area (Å²) in [4.78, 5) is 2.31. The number of halogens is 2. The summed E-state index contributed by atoms with van der Waals surface area (Å²) in [6.07, 6.45) is 1.54. The van der Waals surface area contributed by atoms with Crippen LogP contribution in [-0.2, 0) is 10.0 Å². The highest BCUT2D eigenvalue weighted by atomic mass is 35.5. The lowest BCUT2D eigenvalue weighted by atomic mass is 9.89. The van der Waals surface area contributed by atoms with Crippen molar-refractivity contribution in [1.29, 1.82) is 0 Å². The van der Waals surface area contributed by atoms with Gasteiger partial charge in [-0.15, -0.1) is 0 Å². The molecule has 0 radical (unpaired) electrons. The third kappa shape index (κ3) is 5.08. The first-order valence-electron chi connectivity index (χ1n) is 9.57. The molecule has 1 fully saturated rings. The number of likely N-dealkylation sites (tertiary alicyclic amines) is 1. The van der Waals surface area contributed by atoms with Gasteiger partial charge in [0.1, 0.15) is 0 Å². The Balaban J connectivity index is 1.80. The summed E-state index contributed by atoms with van der Waals surface area (Å²) in [5, 5.41) is 1.38. The van der Waals surface area contributed by atoms with Crippen LogP contribution in [-0.4, -0.2) is 37.7 Å². The minimum absolute atomic E-state index is 0.0147. The molecule has 3 rings (SSSR count). The van der Waals surface area contributed by atoms with Crippen LogP contribution in [0.25, 0.3) is 0 Å². The van der Waals surface area contributed by atoms with Gasteiger partial charge in [-0.1, -0.05) is 60.8 Å². The Morgan fingerprint density at radius 3 is 1.96 bits per heavy atom. The fraction of sp³-hybridized carbons (Fsp3) is 0.429. The molecule has 4 nitrogen and oxygen atoms in total. The van der Waals surface area contributed by atoms with Crippen LogP contribution < -0.4 is 4.72 Å². The lowest BCUT2D eigenvalue weighted by Gasteiger charge is -2.50. The van der Waals surface area contributed by atoms with Crippen LogP contribution in [0.3, 0.4) is 0 Å². The van der Waals surface area contributed by atoms with E-state index in [1.54, 1.807) is 0 Å². The summed E-state index contributed by atoms with van der Waals surface area (Å²) in [5.74, 6) is 0.185. The van der Waals surface area contributed by atoms with Crippen LogP contribution in [0.5, 0.6) is 0 Å². The molecule has 0 saturated carbocycles. The highest BCUT2D eigenvalue weighted by Crippen LogP contribution is 2.36. The number of nitrogens with zero attached hydrogens (tertiary/aromatic N) is 1. The number of rotatable bonds is 8. The van der Waals surface area contributed by atoms with Gasteiger partial charge >= 0.3 is 0 Å². The second-order valence-corrected chi connectivity index (χ2v) is 10.1. The summed E-state index contributed by atoms with van der Waals surface area (Å²) in [6.45, 7) is 4.71. The van der Waals surface area contributed by atoms with Crippen molar-refractivity contribution in [2.24, 2.45) is 0 Å². The van der Waals surface area contributed by atoms with Crippen molar-refractivity contribution in [1.82, 2.24) is 9.62 Å². The molecule has 0 aromatic heterocycles. The molecule has 2 atom stereocenters. The van der Waals surface area contributed by atoms with E-state index in [2.05, 4.69) is 16.5 Å². The van der Waals surface area contributed by atoms with Crippen molar-refractivity contribution in [3.8, 4) is 0 Å². The Hall–Kier alpha value is -1.11. The normalized spacial score (nSPS) is 20.3. The van der Waals surface area contributed by atoms with Gasteiger partial charge in [0, 0.05) is 28.7 Å². The average Bonchev–Trinajstić information content (AvgIpc) is 2.67. The van der Waals surface area contributed by atoms with Crippen LogP contribution in [0.2, 0.25) is 10.0 Å². The topological polar surface area (TPSA) is 49.4 Å². The quantitative estimate of drug-likeness (QED) is 0.636. The molecule has 2 aromatic rings. The molecule has 0 bridgehead atoms. The summed E-state index contributed by atoms with van der Waals surface area (Å²) >= 11 is 12.1. The van der Waals surface area contributed by atoms with Gasteiger partial charge in [-0.25, -0.2) is 13.1 Å². The van der Waals surface area contributed by atoms with Gasteiger partial charge in [0.25, 0.3) is 0 Å². The Kier molecular flexibility index (Phi) is 7.05. The first kappa shape index (κ1) is 21.6. The first-order valence-corrected chi connectivity index (χ1v) is 12.0. The fourth-order valence-corrected chi connectivity index (χ4v) is 5.38. The average molecular weight is 441 g/mol. The fourth-order valence-electron chi connectivity index (χ4n) is 3.60. The van der Waals surface area contributed by atoms with Gasteiger partial charge in [0.05, 0.1) is 11.8 Å². The molecule has 152 valence electrons. The van der Waals surface area contributed by atoms with Gasteiger partial charge in [-0.05, 0) is 48.7 Å². The van der Waals surface area contributed by atoms with E-state index in [9.17, 15) is 8.42 Å². The number of sulfonamides is 1. The lowest BCUT2D eigenvalue weighted by molar-refractivity contribution is 0.0370. The Bertz CT molecular complexity index is 840. The number of unbranched alkanes of at least 4 members (excludes halogenated alkanes) is 1. The second-order valence-electron chi connectivity index (χ2n) is 7.34. The summed E-state index contributed by atoms with van der Waals surface area (Å²) < 4.78 is 27.4. The number of hydrogen-bond acceptors (Lipinski definition) is 3. The van der Waals surface area contributed by atoms with Crippen molar-refractivity contribution >= 4 is 33.2 Å². The predicted octanol–water partition coefficient (Wildman–Crippen LogP) is 4.88. The largest absolute Gasteiger partial charge is 0.286 e. The molecule has 1 heterocycles. The molecule has 1 aliphatic heterocycles. The molecular formula is C21H26Cl2N2O2S. The molecule has 0 aliphatic carbocycles. The van der Waals surface area contributed by atoms with Gasteiger partial charge in [0.15, 0.2) is 0 Å². The molecule has 28 heavy (non-hydrogen) atoms. The van der Waals surface area contributed by atoms with Crippen LogP contribution in [0.1, 0.15) is 43.9 Å². The van der Waals surface area contributed by atoms with Gasteiger partial charge in [-0.3, -0.25) is 4.90 Å². The summed E-state index contributed by atoms with van der Waals surface area (Å²) in [5.41, 5.74) is 2.23. The maximum atomic E-state index is 12.3. The maximum absolute atomic E-state index is 12.3. The highest BCUT2D eigenvalue weighted by molar-refractivity contribution is 7.89. The van der Waals surface area contributed by atoms with Crippen molar-refractivity contribution in [2.75, 3.05) is 12.3 Å². The zero-order valence-electron chi connectivity index (χ0n) is 16.1. The van der Waals surface area contributed by atoms with Crippen LogP contribution in [0.15, 0.2) is 48.5 Å². The minimum atomic E-state index is -3.24. The van der Waals surface area contributed by atoms with E-state index >= 15 is 0 Å². The van der Waals surface area contributed by atoms with Crippen molar-refractivity contribution in [3.63, 3.8) is 0 Å². The van der Waals surface area contributed by atoms with E-state index in [-0.39, 0.29) is 23.9 Å². The van der Waals surface area contributed by atoms with E-state index in [0.29, 0.717) is 23.0 Å². The first-order chi connectivity index (χ1) is 13.3. The van der Waals surface area contributed by atoms with Crippen LogP contribution >= 0.6 is 23.2 Å². The summed E-state index contributed by atoms with van der Waals surface area (Å²) in [6, 6.07) is 15.6. The maximum Gasteiger partial charge on any atom is 0.211 e. The lowest BCUT2D eigenvalue weighted by Crippen LogP contribution is -2.66. The van der Waals surface area contributed by atoms with E-state index < -0.39 is 10.0 Å². The third-order valence-electron chi connectivity index (χ3n) is 5.31. The molecule has 1 saturated heterocycles. The molecule has 1 N–H and O–H groups in total. The van der Waals surface area contributed by atoms with E-state index in [1.807, 2.05) is 55.5 Å². The zero-order chi connectivity index (χ0) is 20.3. The second kappa shape index (κ2) is 9.14. The highest BCUT2D eigenvalue weighted by Gasteiger charge is 2.42. The van der Waals surface area contributed by atoms with Crippen molar-refractivity contribution in [2.45, 2.75) is 44.8 Å². The van der Waals surface area contributed by atoms with E-state index in [1.165, 1.54) is 0 Å². The number of hydrogen-bond donors (Lipinski definition) is 1. The SMILES string of the molecule is CCCCS(=O)(=O)N[C@@H]1CN(C(c2ccc(Cl)cc2)c2ccc(Cl)cc2)[C@H]1C. The zero-order valence-corrected chi connectivity index (χ0v) is 18.4. The standard InChI is InChI=1S/C21H26Cl2N2O2S/c1-3-4-13-28(26,27)24-20-14-25(15(20)2)21(16-5-9-18(22)10-6-16)17-7-11-19(23)12-8-17/h5-12,15,20-21,24H,3-4,13-14H2,1-2H3/t15-,20+/m0/s1. The predicted molar refractivity (Wildman–Crippen MR) is 117 cm³/mol. The van der Waals surface area contributed by atoms with Crippen molar-refractivity contribution in [3.05, 3.63) is 69.7 Å². The van der Waals surface area contributed by atoms with Gasteiger partial charge < -0.3 is 0 Å². The summed E-state index contributed by atoms with van der Waals surface area (Å²) in [7, 11) is -3.24. The molecule has 2 aromatic carbocycles. The molecular weight excluding hydrogens is 415 g/mol. The molecule has 0 spiro atoms. The minimum Gasteiger partial charge on any atom is -0.286 e. The molecule has 0 amide bonds. The van der Waals surface area contributed by atoms with E-state index in [4.69, 9.17) is 23.2 Å². The Labute approximate surface area is 177 Å². The Morgan fingerprint density at radius 2 is 1.54 bits per heavy atom. The third-order valence-corrected chi connectivity index (χ3v) is 7.31. The number of nitrogens with one attached hydrogen (secondary N) is 1.